The van der Waals surface area contributed by atoms with E-state index in [1.54, 1.807) is 18.2 Å². The monoisotopic (exact) mass is 379 g/mol. The van der Waals surface area contributed by atoms with Crippen LogP contribution in [0.15, 0.2) is 30.4 Å². The number of likely N-dealkylation sites (tertiary alicyclic amines) is 1. The number of rotatable bonds is 4. The number of nitrogens with zero attached hydrogens (tertiary/aromatic N) is 1. The molecule has 4 atom stereocenters. The molecule has 0 radical (unpaired) electrons. The number of amides is 2. The molecule has 1 aromatic rings. The van der Waals surface area contributed by atoms with Gasteiger partial charge in [0.2, 0.25) is 11.8 Å². The molecule has 4 unspecified atom stereocenters. The van der Waals surface area contributed by atoms with E-state index in [1.165, 1.54) is 0 Å². The molecule has 2 amide bonds. The summed E-state index contributed by atoms with van der Waals surface area (Å²) in [4.78, 5) is 38.2. The molecule has 0 spiro atoms. The molecule has 1 aliphatic heterocycles. The van der Waals surface area contributed by atoms with Gasteiger partial charge in [0.15, 0.2) is 0 Å². The lowest BCUT2D eigenvalue weighted by Gasteiger charge is -2.16. The second-order valence-corrected chi connectivity index (χ2v) is 7.50. The van der Waals surface area contributed by atoms with E-state index in [0.717, 1.165) is 11.3 Å². The predicted molar refractivity (Wildman–Crippen MR) is 90.7 cm³/mol. The number of ether oxygens (including phenoxy) is 1. The lowest BCUT2D eigenvalue weighted by atomic mass is 9.85. The molecule has 25 heavy (non-hydrogen) atoms. The molecule has 1 saturated carbocycles. The maximum absolute atomic E-state index is 12.5. The average Bonchev–Trinajstić information content (AvgIpc) is 3.24. The van der Waals surface area contributed by atoms with Crippen molar-refractivity contribution in [1.82, 2.24) is 4.90 Å². The maximum Gasteiger partial charge on any atom is 0.326 e. The first-order valence-electron chi connectivity index (χ1n) is 8.09. The van der Waals surface area contributed by atoms with Crippen molar-refractivity contribution in [2.45, 2.75) is 13.0 Å². The second kappa shape index (κ2) is 6.15. The van der Waals surface area contributed by atoms with Crippen molar-refractivity contribution in [2.24, 2.45) is 23.7 Å². The smallest absolute Gasteiger partial charge is 0.326 e. The molecule has 1 aromatic carbocycles. The third-order valence-corrected chi connectivity index (χ3v) is 5.84. The van der Waals surface area contributed by atoms with Crippen molar-refractivity contribution in [3.8, 4) is 0 Å². The highest BCUT2D eigenvalue weighted by atomic mass is 35.5. The van der Waals surface area contributed by atoms with E-state index >= 15 is 0 Å². The van der Waals surface area contributed by atoms with Crippen molar-refractivity contribution < 1.29 is 19.1 Å². The van der Waals surface area contributed by atoms with Crippen LogP contribution in [0.2, 0.25) is 10.0 Å². The minimum Gasteiger partial charge on any atom is -0.459 e. The molecule has 7 heteroatoms. The van der Waals surface area contributed by atoms with E-state index in [1.807, 2.05) is 12.2 Å². The van der Waals surface area contributed by atoms with Crippen LogP contribution in [-0.4, -0.2) is 29.2 Å². The summed E-state index contributed by atoms with van der Waals surface area (Å²) in [5, 5.41) is 0.883. The van der Waals surface area contributed by atoms with Crippen LogP contribution in [0.3, 0.4) is 0 Å². The molecule has 0 N–H and O–H groups in total. The van der Waals surface area contributed by atoms with E-state index in [-0.39, 0.29) is 48.6 Å². The quantitative estimate of drug-likeness (QED) is 0.458. The van der Waals surface area contributed by atoms with Crippen LogP contribution < -0.4 is 0 Å². The third-order valence-electron chi connectivity index (χ3n) is 5.25. The molecular weight excluding hydrogens is 365 g/mol. The Balaban J connectivity index is 1.38. The van der Waals surface area contributed by atoms with Gasteiger partial charge in [-0.15, -0.1) is 0 Å². The maximum atomic E-state index is 12.5. The van der Waals surface area contributed by atoms with E-state index in [2.05, 4.69) is 0 Å². The number of benzene rings is 1. The molecule has 1 saturated heterocycles. The molecule has 4 rings (SSSR count). The first-order valence-corrected chi connectivity index (χ1v) is 8.84. The van der Waals surface area contributed by atoms with Crippen LogP contribution in [0.5, 0.6) is 0 Å². The molecular formula is C18H15Cl2NO4. The number of carbonyl (C=O) groups excluding carboxylic acids is 3. The number of esters is 1. The topological polar surface area (TPSA) is 63.7 Å². The summed E-state index contributed by atoms with van der Waals surface area (Å²) in [7, 11) is 0. The number of allylic oxidation sites excluding steroid dienone is 2. The molecule has 0 aromatic heterocycles. The Morgan fingerprint density at radius 2 is 1.76 bits per heavy atom. The summed E-state index contributed by atoms with van der Waals surface area (Å²) in [5.41, 5.74) is 0.609. The van der Waals surface area contributed by atoms with E-state index in [4.69, 9.17) is 27.9 Å². The van der Waals surface area contributed by atoms with Crippen LogP contribution in [0.1, 0.15) is 12.0 Å². The first-order chi connectivity index (χ1) is 12.0. The van der Waals surface area contributed by atoms with Crippen LogP contribution in [0.4, 0.5) is 0 Å². The van der Waals surface area contributed by atoms with Gasteiger partial charge in [0.25, 0.3) is 0 Å². The predicted octanol–water partition coefficient (Wildman–Crippen LogP) is 2.84. The number of halogens is 2. The Morgan fingerprint density at radius 1 is 1.12 bits per heavy atom. The zero-order chi connectivity index (χ0) is 17.7. The van der Waals surface area contributed by atoms with Gasteiger partial charge >= 0.3 is 5.97 Å². The van der Waals surface area contributed by atoms with Gasteiger partial charge in [-0.25, -0.2) is 0 Å². The zero-order valence-corrected chi connectivity index (χ0v) is 14.7. The lowest BCUT2D eigenvalue weighted by Crippen LogP contribution is -2.37. The molecule has 2 fully saturated rings. The van der Waals surface area contributed by atoms with Gasteiger partial charge < -0.3 is 4.74 Å². The van der Waals surface area contributed by atoms with Gasteiger partial charge in [-0.05, 0) is 30.4 Å². The molecule has 5 nitrogen and oxygen atoms in total. The molecule has 2 aliphatic carbocycles. The van der Waals surface area contributed by atoms with E-state index in [9.17, 15) is 14.4 Å². The molecule has 2 bridgehead atoms. The second-order valence-electron chi connectivity index (χ2n) is 6.66. The zero-order valence-electron chi connectivity index (χ0n) is 13.2. The standard InChI is InChI=1S/C18H15Cl2NO4/c19-12-4-3-11(13(20)6-12)8-25-14(22)7-21-17(23)15-9-1-2-10(5-9)16(15)18(21)24/h1-4,6,9-10,15-16H,5,7-8H2. The van der Waals surface area contributed by atoms with Gasteiger partial charge in [0.05, 0.1) is 11.8 Å². The van der Waals surface area contributed by atoms with E-state index in [0.29, 0.717) is 15.6 Å². The fourth-order valence-corrected chi connectivity index (χ4v) is 4.55. The van der Waals surface area contributed by atoms with Crippen LogP contribution >= 0.6 is 23.2 Å². The molecule has 130 valence electrons. The third kappa shape index (κ3) is 2.75. The number of carbonyl (C=O) groups is 3. The summed E-state index contributed by atoms with van der Waals surface area (Å²) >= 11 is 11.9. The first kappa shape index (κ1) is 16.6. The minimum absolute atomic E-state index is 0.0370. The fourth-order valence-electron chi connectivity index (χ4n) is 4.09. The summed E-state index contributed by atoms with van der Waals surface area (Å²) in [5.74, 6) is -1.50. The summed E-state index contributed by atoms with van der Waals surface area (Å²) in [6, 6.07) is 4.87. The van der Waals surface area contributed by atoms with E-state index < -0.39 is 5.97 Å². The highest BCUT2D eigenvalue weighted by Crippen LogP contribution is 2.52. The molecule has 3 aliphatic rings. The normalized spacial score (nSPS) is 29.4. The average molecular weight is 380 g/mol. The van der Waals surface area contributed by atoms with Crippen LogP contribution in [0.25, 0.3) is 0 Å². The van der Waals surface area contributed by atoms with Crippen LogP contribution in [-0.2, 0) is 25.7 Å². The van der Waals surface area contributed by atoms with Gasteiger partial charge in [0.1, 0.15) is 13.2 Å². The highest BCUT2D eigenvalue weighted by molar-refractivity contribution is 6.35. The van der Waals surface area contributed by atoms with Crippen molar-refractivity contribution in [3.63, 3.8) is 0 Å². The Morgan fingerprint density at radius 3 is 2.36 bits per heavy atom. The van der Waals surface area contributed by atoms with Gasteiger partial charge in [-0.3, -0.25) is 19.3 Å². The van der Waals surface area contributed by atoms with Gasteiger partial charge in [-0.1, -0.05) is 41.4 Å². The SMILES string of the molecule is O=C(CN1C(=O)C2C3C=CC(C3)C2C1=O)OCc1ccc(Cl)cc1Cl. The summed E-state index contributed by atoms with van der Waals surface area (Å²) < 4.78 is 5.17. The van der Waals surface area contributed by atoms with Crippen molar-refractivity contribution >= 4 is 41.0 Å². The van der Waals surface area contributed by atoms with Gasteiger partial charge in [-0.2, -0.15) is 0 Å². The Kier molecular flexibility index (Phi) is 4.08. The Bertz CT molecular complexity index is 776. The fraction of sp³-hybridized carbons (Fsp3) is 0.389. The Labute approximate surface area is 154 Å². The number of imide groups is 1. The molecule has 1 heterocycles. The van der Waals surface area contributed by atoms with Crippen LogP contribution in [0, 0.1) is 23.7 Å². The van der Waals surface area contributed by atoms with Crippen molar-refractivity contribution in [1.29, 1.82) is 0 Å². The Hall–Kier alpha value is -1.85. The largest absolute Gasteiger partial charge is 0.459 e. The van der Waals surface area contributed by atoms with Crippen molar-refractivity contribution in [2.75, 3.05) is 6.54 Å². The number of hydrogen-bond donors (Lipinski definition) is 0. The minimum atomic E-state index is -0.631. The summed E-state index contributed by atoms with van der Waals surface area (Å²) in [6.07, 6.45) is 4.89. The van der Waals surface area contributed by atoms with Gasteiger partial charge in [0, 0.05) is 15.6 Å². The summed E-state index contributed by atoms with van der Waals surface area (Å²) in [6.45, 7) is -0.389. The number of fused-ring (bicyclic) bond motifs is 5. The number of hydrogen-bond acceptors (Lipinski definition) is 4. The highest BCUT2D eigenvalue weighted by Gasteiger charge is 2.59. The lowest BCUT2D eigenvalue weighted by molar-refractivity contribution is -0.154. The van der Waals surface area contributed by atoms with Crippen molar-refractivity contribution in [3.05, 3.63) is 46.0 Å².